The number of pyridine rings is 1. The van der Waals surface area contributed by atoms with Gasteiger partial charge in [-0.25, -0.2) is 14.5 Å². The van der Waals surface area contributed by atoms with Crippen molar-refractivity contribution in [2.75, 3.05) is 39.5 Å². The van der Waals surface area contributed by atoms with Gasteiger partial charge in [0.25, 0.3) is 0 Å². The van der Waals surface area contributed by atoms with Crippen LogP contribution in [0.5, 0.6) is 5.75 Å². The van der Waals surface area contributed by atoms with E-state index in [-0.39, 0.29) is 0 Å². The predicted molar refractivity (Wildman–Crippen MR) is 141 cm³/mol. The van der Waals surface area contributed by atoms with Gasteiger partial charge in [0.1, 0.15) is 16.6 Å². The van der Waals surface area contributed by atoms with Crippen LogP contribution in [-0.2, 0) is 4.74 Å². The molecule has 184 valence electrons. The minimum atomic E-state index is 0.675. The summed E-state index contributed by atoms with van der Waals surface area (Å²) >= 11 is 1.63. The molecule has 1 aromatic carbocycles. The van der Waals surface area contributed by atoms with Gasteiger partial charge >= 0.3 is 0 Å². The number of imidazole rings is 1. The van der Waals surface area contributed by atoms with Crippen LogP contribution >= 0.6 is 11.3 Å². The number of aromatic nitrogens is 5. The molecule has 0 radical (unpaired) electrons. The fraction of sp³-hybridized carbons (Fsp3) is 0.296. The lowest BCUT2D eigenvalue weighted by Crippen LogP contribution is -2.37. The Morgan fingerprint density at radius 1 is 1.14 bits per heavy atom. The van der Waals surface area contributed by atoms with Crippen LogP contribution in [-0.4, -0.2) is 68.9 Å². The van der Waals surface area contributed by atoms with Gasteiger partial charge in [-0.2, -0.15) is 5.10 Å². The van der Waals surface area contributed by atoms with E-state index in [1.54, 1.807) is 17.5 Å². The van der Waals surface area contributed by atoms with Gasteiger partial charge in [-0.05, 0) is 19.4 Å². The second kappa shape index (κ2) is 10.2. The monoisotopic (exact) mass is 500 g/mol. The van der Waals surface area contributed by atoms with Crippen LogP contribution in [0.3, 0.4) is 0 Å². The van der Waals surface area contributed by atoms with Crippen LogP contribution in [0.2, 0.25) is 0 Å². The second-order valence-electron chi connectivity index (χ2n) is 8.81. The first-order valence-corrected chi connectivity index (χ1v) is 13.1. The molecule has 8 nitrogen and oxygen atoms in total. The molecule has 0 saturated carbocycles. The molecular formula is C27H28N6O2S. The zero-order valence-electron chi connectivity index (χ0n) is 20.2. The van der Waals surface area contributed by atoms with E-state index in [0.717, 1.165) is 88.8 Å². The van der Waals surface area contributed by atoms with Gasteiger partial charge in [-0.3, -0.25) is 4.90 Å². The van der Waals surface area contributed by atoms with Crippen molar-refractivity contribution in [1.29, 1.82) is 0 Å². The molecule has 0 unspecified atom stereocenters. The third kappa shape index (κ3) is 4.65. The van der Waals surface area contributed by atoms with Gasteiger partial charge in [-0.1, -0.05) is 30.3 Å². The summed E-state index contributed by atoms with van der Waals surface area (Å²) in [5.41, 5.74) is 4.91. The highest BCUT2D eigenvalue weighted by molar-refractivity contribution is 7.19. The van der Waals surface area contributed by atoms with E-state index >= 15 is 0 Å². The zero-order valence-corrected chi connectivity index (χ0v) is 21.0. The maximum Gasteiger partial charge on any atom is 0.149 e. The molecule has 0 spiro atoms. The number of nitrogens with one attached hydrogen (secondary N) is 1. The number of thiazole rings is 1. The first-order chi connectivity index (χ1) is 17.8. The van der Waals surface area contributed by atoms with Gasteiger partial charge < -0.3 is 14.5 Å². The molecule has 1 fully saturated rings. The number of aryl methyl sites for hydroxylation is 1. The minimum absolute atomic E-state index is 0.675. The van der Waals surface area contributed by atoms with E-state index in [0.29, 0.717) is 6.61 Å². The largest absolute Gasteiger partial charge is 0.493 e. The van der Waals surface area contributed by atoms with E-state index in [1.807, 2.05) is 48.1 Å². The predicted octanol–water partition coefficient (Wildman–Crippen LogP) is 4.92. The maximum absolute atomic E-state index is 6.13. The van der Waals surface area contributed by atoms with E-state index in [2.05, 4.69) is 33.1 Å². The van der Waals surface area contributed by atoms with Crippen molar-refractivity contribution in [3.63, 3.8) is 0 Å². The average molecular weight is 501 g/mol. The molecule has 0 atom stereocenters. The minimum Gasteiger partial charge on any atom is -0.493 e. The topological polar surface area (TPSA) is 80.6 Å². The molecule has 1 saturated heterocycles. The molecule has 36 heavy (non-hydrogen) atoms. The molecular weight excluding hydrogens is 472 g/mol. The Balaban J connectivity index is 1.29. The summed E-state index contributed by atoms with van der Waals surface area (Å²) in [6.45, 7) is 7.39. The molecule has 0 bridgehead atoms. The molecule has 1 N–H and O–H groups in total. The van der Waals surface area contributed by atoms with Crippen LogP contribution in [0.1, 0.15) is 12.1 Å². The van der Waals surface area contributed by atoms with Crippen LogP contribution in [0.25, 0.3) is 38.0 Å². The fourth-order valence-electron chi connectivity index (χ4n) is 4.57. The van der Waals surface area contributed by atoms with Crippen LogP contribution in [0.15, 0.2) is 61.1 Å². The summed E-state index contributed by atoms with van der Waals surface area (Å²) in [7, 11) is 0. The Hall–Kier alpha value is -3.53. The lowest BCUT2D eigenvalue weighted by molar-refractivity contribution is 0.0358. The lowest BCUT2D eigenvalue weighted by atomic mass is 10.1. The molecule has 0 aliphatic carbocycles. The molecule has 4 aromatic heterocycles. The van der Waals surface area contributed by atoms with E-state index < -0.39 is 0 Å². The van der Waals surface area contributed by atoms with Gasteiger partial charge in [0.15, 0.2) is 0 Å². The first-order valence-electron chi connectivity index (χ1n) is 12.2. The van der Waals surface area contributed by atoms with Gasteiger partial charge in [0, 0.05) is 49.9 Å². The number of hydrogen-bond acceptors (Lipinski definition) is 7. The van der Waals surface area contributed by atoms with E-state index in [9.17, 15) is 0 Å². The van der Waals surface area contributed by atoms with Crippen LogP contribution in [0, 0.1) is 6.92 Å². The second-order valence-corrected chi connectivity index (χ2v) is 9.81. The standard InChI is InChI=1S/C27H28N6O2S/c1-19-23(27-30-24(20-6-3-2-4-7-20)25(36-27)26-28-9-10-29-26)22-18-21(8-12-33(22)31-19)35-15-5-11-32-13-16-34-17-14-32/h2-4,6-10,12,18H,5,11,13-17H2,1H3,(H,28,29). The number of nitrogens with zero attached hydrogens (tertiary/aromatic N) is 5. The van der Waals surface area contributed by atoms with E-state index in [1.165, 1.54) is 0 Å². The van der Waals surface area contributed by atoms with Crippen molar-refractivity contribution in [2.45, 2.75) is 13.3 Å². The molecule has 5 aromatic rings. The molecule has 0 amide bonds. The number of morpholine rings is 1. The van der Waals surface area contributed by atoms with Crippen molar-refractivity contribution in [3.8, 4) is 38.3 Å². The summed E-state index contributed by atoms with van der Waals surface area (Å²) in [4.78, 5) is 16.3. The SMILES string of the molecule is Cc1nn2ccc(OCCCN3CCOCC3)cc2c1-c1nc(-c2ccccc2)c(-c2ncc[nH]2)s1. The average Bonchev–Trinajstić information content (AvgIpc) is 3.66. The number of aromatic amines is 1. The number of benzene rings is 1. The maximum atomic E-state index is 6.13. The number of H-pyrrole nitrogens is 1. The number of rotatable bonds is 8. The highest BCUT2D eigenvalue weighted by atomic mass is 32.1. The molecule has 6 rings (SSSR count). The third-order valence-corrected chi connectivity index (χ3v) is 7.45. The highest BCUT2D eigenvalue weighted by Gasteiger charge is 2.22. The highest BCUT2D eigenvalue weighted by Crippen LogP contribution is 2.41. The Morgan fingerprint density at radius 3 is 2.81 bits per heavy atom. The fourth-order valence-corrected chi connectivity index (χ4v) is 5.72. The Bertz CT molecular complexity index is 1440. The summed E-state index contributed by atoms with van der Waals surface area (Å²) in [6.07, 6.45) is 6.55. The van der Waals surface area contributed by atoms with Gasteiger partial charge in [0.05, 0.1) is 47.2 Å². The van der Waals surface area contributed by atoms with Crippen molar-refractivity contribution in [1.82, 2.24) is 29.5 Å². The summed E-state index contributed by atoms with van der Waals surface area (Å²) < 4.78 is 13.5. The summed E-state index contributed by atoms with van der Waals surface area (Å²) in [5.74, 6) is 1.66. The molecule has 9 heteroatoms. The summed E-state index contributed by atoms with van der Waals surface area (Å²) in [6, 6.07) is 14.3. The Labute approximate surface area is 213 Å². The first kappa shape index (κ1) is 22.9. The van der Waals surface area contributed by atoms with Crippen LogP contribution < -0.4 is 4.74 Å². The van der Waals surface area contributed by atoms with Gasteiger partial charge in [-0.15, -0.1) is 11.3 Å². The normalized spacial score (nSPS) is 14.5. The Kier molecular flexibility index (Phi) is 6.50. The van der Waals surface area contributed by atoms with Crippen molar-refractivity contribution >= 4 is 16.9 Å². The summed E-state index contributed by atoms with van der Waals surface area (Å²) in [5, 5.41) is 5.66. The number of fused-ring (bicyclic) bond motifs is 1. The van der Waals surface area contributed by atoms with Gasteiger partial charge in [0.2, 0.25) is 0 Å². The molecule has 1 aliphatic rings. The van der Waals surface area contributed by atoms with Crippen molar-refractivity contribution < 1.29 is 9.47 Å². The van der Waals surface area contributed by atoms with E-state index in [4.69, 9.17) is 19.6 Å². The quantitative estimate of drug-likeness (QED) is 0.305. The molecule has 1 aliphatic heterocycles. The van der Waals surface area contributed by atoms with Crippen molar-refractivity contribution in [2.24, 2.45) is 0 Å². The number of ether oxygens (including phenoxy) is 2. The number of hydrogen-bond donors (Lipinski definition) is 1. The lowest BCUT2D eigenvalue weighted by Gasteiger charge is -2.26. The smallest absolute Gasteiger partial charge is 0.149 e. The zero-order chi connectivity index (χ0) is 24.3. The Morgan fingerprint density at radius 2 is 2.00 bits per heavy atom. The van der Waals surface area contributed by atoms with Crippen LogP contribution in [0.4, 0.5) is 0 Å². The molecule has 5 heterocycles. The van der Waals surface area contributed by atoms with Crippen molar-refractivity contribution in [3.05, 3.63) is 66.7 Å². The third-order valence-electron chi connectivity index (χ3n) is 6.37.